The Morgan fingerprint density at radius 1 is 1.17 bits per heavy atom. The molecule has 0 aliphatic carbocycles. The van der Waals surface area contributed by atoms with E-state index in [1.807, 2.05) is 13.8 Å². The first-order chi connectivity index (χ1) is 11.5. The number of hydrogen-bond donors (Lipinski definition) is 2. The third kappa shape index (κ3) is 3.87. The molecule has 0 amide bonds. The van der Waals surface area contributed by atoms with Gasteiger partial charge in [-0.05, 0) is 60.9 Å². The molecule has 0 heterocycles. The summed E-state index contributed by atoms with van der Waals surface area (Å²) in [6.07, 6.45) is 1.55. The van der Waals surface area contributed by atoms with Crippen molar-refractivity contribution in [3.8, 4) is 17.2 Å². The van der Waals surface area contributed by atoms with E-state index in [1.165, 1.54) is 6.07 Å². The minimum absolute atomic E-state index is 0.0196. The van der Waals surface area contributed by atoms with Crippen molar-refractivity contribution in [1.29, 1.82) is 0 Å². The molecule has 0 spiro atoms. The second kappa shape index (κ2) is 7.55. The predicted molar refractivity (Wildman–Crippen MR) is 92.5 cm³/mol. The highest BCUT2D eigenvalue weighted by molar-refractivity contribution is 6.20. The van der Waals surface area contributed by atoms with Crippen molar-refractivity contribution < 1.29 is 24.5 Å². The number of carboxylic acids is 1. The lowest BCUT2D eigenvalue weighted by Gasteiger charge is -2.09. The molecule has 0 fully saturated rings. The number of aromatic hydroxyl groups is 1. The van der Waals surface area contributed by atoms with Gasteiger partial charge in [0.1, 0.15) is 5.75 Å². The van der Waals surface area contributed by atoms with Crippen LogP contribution in [0.5, 0.6) is 17.2 Å². The van der Waals surface area contributed by atoms with Crippen LogP contribution in [0.3, 0.4) is 0 Å². The minimum Gasteiger partial charge on any atom is -0.504 e. The SMILES string of the molecule is CCOc1cc(/C=C(\C(=O)O)c2ccc(OC)c(C)c2)ccc1O. The van der Waals surface area contributed by atoms with Gasteiger partial charge in [-0.3, -0.25) is 0 Å². The minimum atomic E-state index is -1.04. The zero-order valence-corrected chi connectivity index (χ0v) is 13.9. The molecular formula is C19H20O5. The first-order valence-electron chi connectivity index (χ1n) is 7.52. The molecule has 0 aliphatic rings. The number of ether oxygens (including phenoxy) is 2. The molecule has 2 N–H and O–H groups in total. The van der Waals surface area contributed by atoms with E-state index in [4.69, 9.17) is 9.47 Å². The molecule has 2 aromatic rings. The van der Waals surface area contributed by atoms with Gasteiger partial charge in [0.2, 0.25) is 0 Å². The van der Waals surface area contributed by atoms with E-state index >= 15 is 0 Å². The van der Waals surface area contributed by atoms with Gasteiger partial charge in [0.25, 0.3) is 0 Å². The highest BCUT2D eigenvalue weighted by Gasteiger charge is 2.13. The maximum atomic E-state index is 11.7. The second-order valence-electron chi connectivity index (χ2n) is 5.21. The molecule has 126 valence electrons. The Morgan fingerprint density at radius 3 is 2.50 bits per heavy atom. The van der Waals surface area contributed by atoms with Crippen LogP contribution < -0.4 is 9.47 Å². The van der Waals surface area contributed by atoms with E-state index in [0.29, 0.717) is 29.2 Å². The number of benzene rings is 2. The van der Waals surface area contributed by atoms with Crippen LogP contribution in [-0.4, -0.2) is 29.9 Å². The molecule has 2 rings (SSSR count). The molecule has 0 saturated heterocycles. The molecular weight excluding hydrogens is 308 g/mol. The number of phenols is 1. The Labute approximate surface area is 140 Å². The summed E-state index contributed by atoms with van der Waals surface area (Å²) in [6, 6.07) is 9.94. The average Bonchev–Trinajstić information content (AvgIpc) is 2.55. The quantitative estimate of drug-likeness (QED) is 0.624. The first kappa shape index (κ1) is 17.4. The zero-order valence-electron chi connectivity index (χ0n) is 13.9. The Morgan fingerprint density at radius 2 is 1.92 bits per heavy atom. The molecule has 0 unspecified atom stereocenters. The van der Waals surface area contributed by atoms with Crippen molar-refractivity contribution in [2.45, 2.75) is 13.8 Å². The van der Waals surface area contributed by atoms with Gasteiger partial charge in [-0.15, -0.1) is 0 Å². The lowest BCUT2D eigenvalue weighted by Crippen LogP contribution is -2.01. The van der Waals surface area contributed by atoms with E-state index < -0.39 is 5.97 Å². The average molecular weight is 328 g/mol. The van der Waals surface area contributed by atoms with Crippen molar-refractivity contribution >= 4 is 17.6 Å². The number of hydrogen-bond acceptors (Lipinski definition) is 4. The van der Waals surface area contributed by atoms with Gasteiger partial charge < -0.3 is 19.7 Å². The fraction of sp³-hybridized carbons (Fsp3) is 0.211. The molecule has 0 radical (unpaired) electrons. The summed E-state index contributed by atoms with van der Waals surface area (Å²) in [5, 5.41) is 19.3. The van der Waals surface area contributed by atoms with Crippen molar-refractivity contribution in [2.75, 3.05) is 13.7 Å². The monoisotopic (exact) mass is 328 g/mol. The predicted octanol–water partition coefficient (Wildman–Crippen LogP) is 3.73. The lowest BCUT2D eigenvalue weighted by atomic mass is 10.0. The van der Waals surface area contributed by atoms with E-state index in [9.17, 15) is 15.0 Å². The summed E-state index contributed by atoms with van der Waals surface area (Å²) in [5.41, 5.74) is 2.20. The summed E-state index contributed by atoms with van der Waals surface area (Å²) in [7, 11) is 1.57. The largest absolute Gasteiger partial charge is 0.504 e. The van der Waals surface area contributed by atoms with Crippen LogP contribution >= 0.6 is 0 Å². The van der Waals surface area contributed by atoms with Crippen molar-refractivity contribution in [3.05, 3.63) is 53.1 Å². The molecule has 0 saturated carbocycles. The maximum Gasteiger partial charge on any atom is 0.336 e. The molecule has 0 aliphatic heterocycles. The Hall–Kier alpha value is -2.95. The standard InChI is InChI=1S/C19H20O5/c1-4-24-18-11-13(5-7-16(18)20)10-15(19(21)22)14-6-8-17(23-3)12(2)9-14/h5-11,20H,4H2,1-3H3,(H,21,22)/b15-10-. The van der Waals surface area contributed by atoms with Crippen LogP contribution in [-0.2, 0) is 4.79 Å². The van der Waals surface area contributed by atoms with E-state index in [2.05, 4.69) is 0 Å². The number of rotatable bonds is 6. The molecule has 0 aromatic heterocycles. The topological polar surface area (TPSA) is 76.0 Å². The van der Waals surface area contributed by atoms with E-state index in [1.54, 1.807) is 43.5 Å². The maximum absolute atomic E-state index is 11.7. The Bertz CT molecular complexity index is 777. The van der Waals surface area contributed by atoms with Crippen LogP contribution in [0.15, 0.2) is 36.4 Å². The Kier molecular flexibility index (Phi) is 5.47. The van der Waals surface area contributed by atoms with Gasteiger partial charge in [-0.2, -0.15) is 0 Å². The van der Waals surface area contributed by atoms with Gasteiger partial charge in [-0.1, -0.05) is 12.1 Å². The number of carbonyl (C=O) groups is 1. The fourth-order valence-electron chi connectivity index (χ4n) is 2.37. The van der Waals surface area contributed by atoms with Gasteiger partial charge in [0.05, 0.1) is 19.3 Å². The highest BCUT2D eigenvalue weighted by Crippen LogP contribution is 2.30. The number of aryl methyl sites for hydroxylation is 1. The van der Waals surface area contributed by atoms with Crippen molar-refractivity contribution in [2.24, 2.45) is 0 Å². The van der Waals surface area contributed by atoms with E-state index in [-0.39, 0.29) is 11.3 Å². The number of phenolic OH excluding ortho intramolecular Hbond substituents is 1. The van der Waals surface area contributed by atoms with Crippen molar-refractivity contribution in [3.63, 3.8) is 0 Å². The zero-order chi connectivity index (χ0) is 17.7. The van der Waals surface area contributed by atoms with Crippen molar-refractivity contribution in [1.82, 2.24) is 0 Å². The van der Waals surface area contributed by atoms with Gasteiger partial charge in [-0.25, -0.2) is 4.79 Å². The molecule has 0 atom stereocenters. The Balaban J connectivity index is 2.47. The molecule has 5 heteroatoms. The molecule has 5 nitrogen and oxygen atoms in total. The van der Waals surface area contributed by atoms with Crippen LogP contribution in [0, 0.1) is 6.92 Å². The number of aliphatic carboxylic acids is 1. The molecule has 24 heavy (non-hydrogen) atoms. The normalized spacial score (nSPS) is 11.2. The summed E-state index contributed by atoms with van der Waals surface area (Å²) in [6.45, 7) is 4.07. The van der Waals surface area contributed by atoms with Crippen LogP contribution in [0.1, 0.15) is 23.6 Å². The molecule has 0 bridgehead atoms. The smallest absolute Gasteiger partial charge is 0.336 e. The summed E-state index contributed by atoms with van der Waals surface area (Å²) in [4.78, 5) is 11.7. The fourth-order valence-corrected chi connectivity index (χ4v) is 2.37. The van der Waals surface area contributed by atoms with Gasteiger partial charge in [0.15, 0.2) is 11.5 Å². The highest BCUT2D eigenvalue weighted by atomic mass is 16.5. The van der Waals surface area contributed by atoms with Gasteiger partial charge >= 0.3 is 5.97 Å². The number of carboxylic acid groups (broad SMARTS) is 1. The summed E-state index contributed by atoms with van der Waals surface area (Å²) in [5.74, 6) is 0.00502. The molecule has 2 aromatic carbocycles. The van der Waals surface area contributed by atoms with E-state index in [0.717, 1.165) is 5.56 Å². The second-order valence-corrected chi connectivity index (χ2v) is 5.21. The number of methoxy groups -OCH3 is 1. The lowest BCUT2D eigenvalue weighted by molar-refractivity contribution is -0.130. The first-order valence-corrected chi connectivity index (χ1v) is 7.52. The van der Waals surface area contributed by atoms with Gasteiger partial charge in [0, 0.05) is 0 Å². The third-order valence-corrected chi connectivity index (χ3v) is 3.53. The third-order valence-electron chi connectivity index (χ3n) is 3.53. The van der Waals surface area contributed by atoms with Crippen LogP contribution in [0.25, 0.3) is 11.6 Å². The summed E-state index contributed by atoms with van der Waals surface area (Å²) < 4.78 is 10.5. The van der Waals surface area contributed by atoms with Crippen LogP contribution in [0.4, 0.5) is 0 Å². The summed E-state index contributed by atoms with van der Waals surface area (Å²) >= 11 is 0. The van der Waals surface area contributed by atoms with Crippen LogP contribution in [0.2, 0.25) is 0 Å².